The fourth-order valence-electron chi connectivity index (χ4n) is 6.55. The summed E-state index contributed by atoms with van der Waals surface area (Å²) in [5.74, 6) is -0.904. The highest BCUT2D eigenvalue weighted by atomic mass is 16.4. The van der Waals surface area contributed by atoms with Crippen LogP contribution in [-0.2, 0) is 4.79 Å². The van der Waals surface area contributed by atoms with Crippen LogP contribution in [0, 0.1) is 28.1 Å². The van der Waals surface area contributed by atoms with Crippen molar-refractivity contribution in [2.75, 3.05) is 0 Å². The summed E-state index contributed by atoms with van der Waals surface area (Å²) in [7, 11) is 0. The molecule has 3 rings (SSSR count). The van der Waals surface area contributed by atoms with Crippen LogP contribution in [0.4, 0.5) is 0 Å². The Labute approximate surface area is 145 Å². The summed E-state index contributed by atoms with van der Waals surface area (Å²) in [6.45, 7) is 10.0. The summed E-state index contributed by atoms with van der Waals surface area (Å²) < 4.78 is 0. The predicted octanol–water partition coefficient (Wildman–Crippen LogP) is 3.37. The molecule has 3 N–H and O–H groups in total. The van der Waals surface area contributed by atoms with E-state index in [2.05, 4.69) is 20.4 Å². The van der Waals surface area contributed by atoms with Crippen LogP contribution >= 0.6 is 0 Å². The molecule has 4 heteroatoms. The summed E-state index contributed by atoms with van der Waals surface area (Å²) in [5, 5.41) is 32.2. The molecule has 0 spiro atoms. The van der Waals surface area contributed by atoms with Crippen molar-refractivity contribution in [3.8, 4) is 0 Å². The molecule has 3 fully saturated rings. The number of hydrogen-bond acceptors (Lipinski definition) is 3. The van der Waals surface area contributed by atoms with E-state index in [1.54, 1.807) is 0 Å². The first-order valence-corrected chi connectivity index (χ1v) is 9.29. The number of carboxylic acid groups (broad SMARTS) is 1. The lowest BCUT2D eigenvalue weighted by Gasteiger charge is -2.65. The van der Waals surface area contributed by atoms with E-state index in [-0.39, 0.29) is 22.7 Å². The third kappa shape index (κ3) is 2.22. The van der Waals surface area contributed by atoms with Crippen molar-refractivity contribution >= 4 is 5.97 Å². The average molecular weight is 336 g/mol. The number of carbonyl (C=O) groups is 1. The zero-order chi connectivity index (χ0) is 18.0. The Balaban J connectivity index is 2.04. The highest BCUT2D eigenvalue weighted by Gasteiger charge is 2.66. The van der Waals surface area contributed by atoms with Crippen molar-refractivity contribution in [1.29, 1.82) is 0 Å². The zero-order valence-electron chi connectivity index (χ0n) is 15.2. The van der Waals surface area contributed by atoms with E-state index in [9.17, 15) is 20.1 Å². The smallest absolute Gasteiger partial charge is 0.309 e. The van der Waals surface area contributed by atoms with E-state index >= 15 is 0 Å². The number of allylic oxidation sites excluding steroid dienone is 1. The lowest BCUT2D eigenvalue weighted by Crippen LogP contribution is -2.68. The van der Waals surface area contributed by atoms with E-state index in [1.165, 1.54) is 0 Å². The Morgan fingerprint density at radius 2 is 1.83 bits per heavy atom. The van der Waals surface area contributed by atoms with Crippen molar-refractivity contribution in [1.82, 2.24) is 0 Å². The van der Waals surface area contributed by atoms with Gasteiger partial charge in [0, 0.05) is 0 Å². The lowest BCUT2D eigenvalue weighted by atomic mass is 9.41. The standard InChI is InChI=1S/C20H32O4/c1-5-17(2)10-7-13-18(3)8-6-9-19(4,16(22)23)14(18)11-15(21)20(13,24)12-17/h5,13-15,21,24H,1,6-12H2,2-4H3,(H,22,23)/t13-,14-,15+,17+,18-,19-,20-/m1/s1. The SMILES string of the molecule is C=C[C@@]1(C)CC[C@@H]2[C@@]3(C)CCC[C@@](C)(C(=O)O)[C@@H]3C[C@H](O)[C@@]2(O)C1. The fourth-order valence-corrected chi connectivity index (χ4v) is 6.55. The molecule has 3 saturated carbocycles. The van der Waals surface area contributed by atoms with Crippen LogP contribution < -0.4 is 0 Å². The van der Waals surface area contributed by atoms with E-state index < -0.39 is 23.1 Å². The van der Waals surface area contributed by atoms with Gasteiger partial charge in [0.1, 0.15) is 0 Å². The maximum Gasteiger partial charge on any atom is 0.309 e. The van der Waals surface area contributed by atoms with Crippen LogP contribution in [0.2, 0.25) is 0 Å². The number of carboxylic acids is 1. The third-order valence-corrected chi connectivity index (χ3v) is 8.08. The monoisotopic (exact) mass is 336 g/mol. The van der Waals surface area contributed by atoms with E-state index in [4.69, 9.17) is 0 Å². The first-order valence-electron chi connectivity index (χ1n) is 9.29. The molecule has 0 aromatic rings. The van der Waals surface area contributed by atoms with Crippen molar-refractivity contribution in [3.05, 3.63) is 12.7 Å². The molecule has 0 bridgehead atoms. The molecular weight excluding hydrogens is 304 g/mol. The van der Waals surface area contributed by atoms with Gasteiger partial charge >= 0.3 is 5.97 Å². The molecule has 0 aromatic carbocycles. The van der Waals surface area contributed by atoms with Gasteiger partial charge in [-0.2, -0.15) is 0 Å². The first-order chi connectivity index (χ1) is 11.0. The van der Waals surface area contributed by atoms with Crippen molar-refractivity contribution in [2.24, 2.45) is 28.1 Å². The number of hydrogen-bond donors (Lipinski definition) is 3. The van der Waals surface area contributed by atoms with Crippen LogP contribution in [0.25, 0.3) is 0 Å². The first kappa shape index (κ1) is 17.9. The molecule has 3 aliphatic rings. The van der Waals surface area contributed by atoms with Crippen LogP contribution in [-0.4, -0.2) is 33.0 Å². The summed E-state index contributed by atoms with van der Waals surface area (Å²) in [6.07, 6.45) is 6.15. The van der Waals surface area contributed by atoms with E-state index in [0.717, 1.165) is 25.7 Å². The van der Waals surface area contributed by atoms with Gasteiger partial charge in [0.25, 0.3) is 0 Å². The Morgan fingerprint density at radius 3 is 2.42 bits per heavy atom. The topological polar surface area (TPSA) is 77.8 Å². The second kappa shape index (κ2) is 5.31. The molecule has 0 radical (unpaired) electrons. The molecule has 0 aromatic heterocycles. The van der Waals surface area contributed by atoms with Crippen molar-refractivity contribution in [2.45, 2.75) is 77.4 Å². The Morgan fingerprint density at radius 1 is 1.17 bits per heavy atom. The lowest BCUT2D eigenvalue weighted by molar-refractivity contribution is -0.252. The molecule has 4 nitrogen and oxygen atoms in total. The Hall–Kier alpha value is -0.870. The third-order valence-electron chi connectivity index (χ3n) is 8.08. The number of aliphatic hydroxyl groups excluding tert-OH is 1. The minimum atomic E-state index is -1.14. The second-order valence-electron chi connectivity index (χ2n) is 9.50. The van der Waals surface area contributed by atoms with Gasteiger partial charge in [-0.1, -0.05) is 26.3 Å². The Bertz CT molecular complexity index is 560. The largest absolute Gasteiger partial charge is 0.481 e. The van der Waals surface area contributed by atoms with Crippen LogP contribution in [0.5, 0.6) is 0 Å². The summed E-state index contributed by atoms with van der Waals surface area (Å²) in [5.41, 5.74) is -2.35. The Kier molecular flexibility index (Phi) is 3.97. The predicted molar refractivity (Wildman–Crippen MR) is 92.4 cm³/mol. The summed E-state index contributed by atoms with van der Waals surface area (Å²) >= 11 is 0. The molecule has 0 amide bonds. The zero-order valence-corrected chi connectivity index (χ0v) is 15.2. The maximum atomic E-state index is 12.0. The molecule has 3 aliphatic carbocycles. The number of fused-ring (bicyclic) bond motifs is 3. The van der Waals surface area contributed by atoms with E-state index in [1.807, 2.05) is 13.0 Å². The second-order valence-corrected chi connectivity index (χ2v) is 9.50. The quantitative estimate of drug-likeness (QED) is 0.676. The number of aliphatic carboxylic acids is 1. The van der Waals surface area contributed by atoms with E-state index in [0.29, 0.717) is 19.3 Å². The van der Waals surface area contributed by atoms with Crippen LogP contribution in [0.1, 0.15) is 65.7 Å². The molecule has 7 atom stereocenters. The van der Waals surface area contributed by atoms with Gasteiger partial charge in [-0.25, -0.2) is 0 Å². The maximum absolute atomic E-state index is 12.0. The van der Waals surface area contributed by atoms with Gasteiger partial charge < -0.3 is 15.3 Å². The highest BCUT2D eigenvalue weighted by Crippen LogP contribution is 2.66. The van der Waals surface area contributed by atoms with Gasteiger partial charge in [0.15, 0.2) is 0 Å². The number of aliphatic hydroxyl groups is 2. The van der Waals surface area contributed by atoms with Gasteiger partial charge in [-0.3, -0.25) is 4.79 Å². The van der Waals surface area contributed by atoms with Crippen molar-refractivity contribution in [3.63, 3.8) is 0 Å². The van der Waals surface area contributed by atoms with Gasteiger partial charge in [-0.15, -0.1) is 6.58 Å². The molecule has 136 valence electrons. The van der Waals surface area contributed by atoms with Gasteiger partial charge in [-0.05, 0) is 68.1 Å². The number of rotatable bonds is 2. The van der Waals surface area contributed by atoms with Gasteiger partial charge in [0.05, 0.1) is 17.1 Å². The molecule has 0 aliphatic heterocycles. The molecule has 0 unspecified atom stereocenters. The molecule has 0 heterocycles. The normalized spacial score (nSPS) is 54.5. The molecule has 24 heavy (non-hydrogen) atoms. The summed E-state index contributed by atoms with van der Waals surface area (Å²) in [4.78, 5) is 12.0. The van der Waals surface area contributed by atoms with Crippen molar-refractivity contribution < 1.29 is 20.1 Å². The van der Waals surface area contributed by atoms with Crippen LogP contribution in [0.3, 0.4) is 0 Å². The minimum Gasteiger partial charge on any atom is -0.481 e. The fraction of sp³-hybridized carbons (Fsp3) is 0.850. The molecule has 0 saturated heterocycles. The van der Waals surface area contributed by atoms with Gasteiger partial charge in [0.2, 0.25) is 0 Å². The summed E-state index contributed by atoms with van der Waals surface area (Å²) in [6, 6.07) is 0. The van der Waals surface area contributed by atoms with Crippen LogP contribution in [0.15, 0.2) is 12.7 Å². The molecular formula is C20H32O4. The minimum absolute atomic E-state index is 0.0502. The average Bonchev–Trinajstić information content (AvgIpc) is 2.49. The highest BCUT2D eigenvalue weighted by molar-refractivity contribution is 5.75.